The van der Waals surface area contributed by atoms with Crippen LogP contribution in [0.25, 0.3) is 0 Å². The van der Waals surface area contributed by atoms with Gasteiger partial charge in [0.15, 0.2) is 0 Å². The van der Waals surface area contributed by atoms with Crippen molar-refractivity contribution in [1.29, 1.82) is 0 Å². The number of carbonyl (C=O) groups excluding carboxylic acids is 2. The van der Waals surface area contributed by atoms with E-state index in [0.717, 1.165) is 24.5 Å². The molecule has 1 aliphatic heterocycles. The molecule has 2 rings (SSSR count). The standard InChI is InChI=1S/C20H31N3O2S/c1-15(2)17-6-8-18(9-7-17)26-14-19(22-16(3)24)20(25)21-10-13-23-11-4-5-12-23/h6-9,15,19H,4-5,10-14H2,1-3H3,(H,21,25)(H,22,24). The van der Waals surface area contributed by atoms with Crippen LogP contribution < -0.4 is 10.6 Å². The summed E-state index contributed by atoms with van der Waals surface area (Å²) >= 11 is 1.59. The van der Waals surface area contributed by atoms with Crippen molar-refractivity contribution < 1.29 is 9.59 Å². The summed E-state index contributed by atoms with van der Waals surface area (Å²) in [5.74, 6) is 0.740. The Morgan fingerprint density at radius 3 is 2.38 bits per heavy atom. The van der Waals surface area contributed by atoms with E-state index in [-0.39, 0.29) is 11.8 Å². The fraction of sp³-hybridized carbons (Fsp3) is 0.600. The summed E-state index contributed by atoms with van der Waals surface area (Å²) < 4.78 is 0. The number of benzene rings is 1. The molecule has 1 heterocycles. The van der Waals surface area contributed by atoms with Crippen molar-refractivity contribution in [1.82, 2.24) is 15.5 Å². The number of nitrogens with one attached hydrogen (secondary N) is 2. The van der Waals surface area contributed by atoms with Crippen LogP contribution in [0.5, 0.6) is 0 Å². The quantitative estimate of drug-likeness (QED) is 0.650. The summed E-state index contributed by atoms with van der Waals surface area (Å²) in [5.41, 5.74) is 1.30. The monoisotopic (exact) mass is 377 g/mol. The van der Waals surface area contributed by atoms with Gasteiger partial charge in [-0.2, -0.15) is 0 Å². The lowest BCUT2D eigenvalue weighted by atomic mass is 10.0. The Labute approximate surface area is 161 Å². The van der Waals surface area contributed by atoms with Crippen molar-refractivity contribution in [2.75, 3.05) is 31.9 Å². The number of carbonyl (C=O) groups is 2. The molecule has 0 bridgehead atoms. The maximum absolute atomic E-state index is 12.5. The molecular weight excluding hydrogens is 346 g/mol. The third-order valence-corrected chi connectivity index (χ3v) is 5.69. The topological polar surface area (TPSA) is 61.4 Å². The van der Waals surface area contributed by atoms with Crippen LogP contribution in [-0.2, 0) is 9.59 Å². The van der Waals surface area contributed by atoms with Gasteiger partial charge in [-0.25, -0.2) is 0 Å². The van der Waals surface area contributed by atoms with Gasteiger partial charge in [0.2, 0.25) is 11.8 Å². The molecule has 1 unspecified atom stereocenters. The minimum absolute atomic E-state index is 0.106. The highest BCUT2D eigenvalue weighted by molar-refractivity contribution is 7.99. The van der Waals surface area contributed by atoms with Gasteiger partial charge in [-0.05, 0) is 49.5 Å². The molecule has 1 fully saturated rings. The normalized spacial score (nSPS) is 15.8. The number of rotatable bonds is 9. The van der Waals surface area contributed by atoms with Crippen LogP contribution in [0, 0.1) is 0 Å². The lowest BCUT2D eigenvalue weighted by Crippen LogP contribution is -2.49. The van der Waals surface area contributed by atoms with E-state index < -0.39 is 6.04 Å². The average molecular weight is 378 g/mol. The molecule has 6 heteroatoms. The highest BCUT2D eigenvalue weighted by Crippen LogP contribution is 2.22. The Morgan fingerprint density at radius 1 is 1.15 bits per heavy atom. The van der Waals surface area contributed by atoms with E-state index >= 15 is 0 Å². The molecule has 1 aromatic carbocycles. The van der Waals surface area contributed by atoms with Gasteiger partial charge in [-0.1, -0.05) is 26.0 Å². The summed E-state index contributed by atoms with van der Waals surface area (Å²) in [6.45, 7) is 9.53. The van der Waals surface area contributed by atoms with Crippen molar-refractivity contribution in [2.45, 2.75) is 50.5 Å². The number of hydrogen-bond donors (Lipinski definition) is 2. The lowest BCUT2D eigenvalue weighted by Gasteiger charge is -2.19. The molecule has 0 radical (unpaired) electrons. The van der Waals surface area contributed by atoms with Crippen molar-refractivity contribution in [2.24, 2.45) is 0 Å². The molecule has 26 heavy (non-hydrogen) atoms. The number of hydrogen-bond acceptors (Lipinski definition) is 4. The molecule has 1 saturated heterocycles. The highest BCUT2D eigenvalue weighted by Gasteiger charge is 2.20. The summed E-state index contributed by atoms with van der Waals surface area (Å²) in [7, 11) is 0. The van der Waals surface area contributed by atoms with Gasteiger partial charge >= 0.3 is 0 Å². The van der Waals surface area contributed by atoms with E-state index in [1.165, 1.54) is 25.3 Å². The molecule has 2 N–H and O–H groups in total. The average Bonchev–Trinajstić information content (AvgIpc) is 3.12. The van der Waals surface area contributed by atoms with Crippen LogP contribution in [0.4, 0.5) is 0 Å². The Balaban J connectivity index is 1.82. The van der Waals surface area contributed by atoms with Gasteiger partial charge in [-0.15, -0.1) is 11.8 Å². The Hall–Kier alpha value is -1.53. The zero-order valence-electron chi connectivity index (χ0n) is 16.1. The van der Waals surface area contributed by atoms with E-state index in [0.29, 0.717) is 18.2 Å². The molecule has 0 aromatic heterocycles. The van der Waals surface area contributed by atoms with Gasteiger partial charge < -0.3 is 15.5 Å². The summed E-state index contributed by atoms with van der Waals surface area (Å²) in [5, 5.41) is 5.74. The molecule has 144 valence electrons. The molecule has 1 atom stereocenters. The summed E-state index contributed by atoms with van der Waals surface area (Å²) in [6.07, 6.45) is 2.49. The van der Waals surface area contributed by atoms with Crippen LogP contribution in [-0.4, -0.2) is 54.7 Å². The summed E-state index contributed by atoms with van der Waals surface area (Å²) in [6, 6.07) is 7.89. The van der Waals surface area contributed by atoms with Crippen LogP contribution in [0.1, 0.15) is 45.1 Å². The van der Waals surface area contributed by atoms with Crippen molar-refractivity contribution in [3.8, 4) is 0 Å². The van der Waals surface area contributed by atoms with E-state index in [2.05, 4.69) is 53.6 Å². The van der Waals surface area contributed by atoms with E-state index in [1.54, 1.807) is 11.8 Å². The van der Waals surface area contributed by atoms with E-state index in [1.807, 2.05) is 0 Å². The molecule has 1 aliphatic rings. The van der Waals surface area contributed by atoms with Crippen LogP contribution in [0.15, 0.2) is 29.2 Å². The molecular formula is C20H31N3O2S. The largest absolute Gasteiger partial charge is 0.353 e. The minimum atomic E-state index is -0.513. The first-order valence-corrected chi connectivity index (χ1v) is 10.4. The maximum Gasteiger partial charge on any atom is 0.243 e. The van der Waals surface area contributed by atoms with E-state index in [4.69, 9.17) is 0 Å². The SMILES string of the molecule is CC(=O)NC(CSc1ccc(C(C)C)cc1)C(=O)NCCN1CCCC1. The van der Waals surface area contributed by atoms with Crippen molar-refractivity contribution >= 4 is 23.6 Å². The molecule has 2 amide bonds. The first-order chi connectivity index (χ1) is 12.5. The van der Waals surface area contributed by atoms with Crippen LogP contribution >= 0.6 is 11.8 Å². The molecule has 1 aromatic rings. The first kappa shape index (κ1) is 20.8. The molecule has 0 saturated carbocycles. The van der Waals surface area contributed by atoms with Crippen molar-refractivity contribution in [3.05, 3.63) is 29.8 Å². The second-order valence-electron chi connectivity index (χ2n) is 7.13. The molecule has 0 aliphatic carbocycles. The fourth-order valence-electron chi connectivity index (χ4n) is 3.02. The van der Waals surface area contributed by atoms with Gasteiger partial charge in [0.25, 0.3) is 0 Å². The predicted octanol–water partition coefficient (Wildman–Crippen LogP) is 2.62. The number of amides is 2. The fourth-order valence-corrected chi connectivity index (χ4v) is 3.95. The smallest absolute Gasteiger partial charge is 0.243 e. The number of likely N-dealkylation sites (tertiary alicyclic amines) is 1. The van der Waals surface area contributed by atoms with Gasteiger partial charge in [-0.3, -0.25) is 9.59 Å². The highest BCUT2D eigenvalue weighted by atomic mass is 32.2. The predicted molar refractivity (Wildman–Crippen MR) is 108 cm³/mol. The van der Waals surface area contributed by atoms with Crippen molar-refractivity contribution in [3.63, 3.8) is 0 Å². The second-order valence-corrected chi connectivity index (χ2v) is 8.22. The summed E-state index contributed by atoms with van der Waals surface area (Å²) in [4.78, 5) is 27.4. The van der Waals surface area contributed by atoms with Crippen LogP contribution in [0.3, 0.4) is 0 Å². The lowest BCUT2D eigenvalue weighted by molar-refractivity contribution is -0.127. The maximum atomic E-state index is 12.5. The molecule has 5 nitrogen and oxygen atoms in total. The number of thioether (sulfide) groups is 1. The Morgan fingerprint density at radius 2 is 1.81 bits per heavy atom. The van der Waals surface area contributed by atoms with Gasteiger partial charge in [0.1, 0.15) is 6.04 Å². The third-order valence-electron chi connectivity index (χ3n) is 4.58. The zero-order chi connectivity index (χ0) is 18.9. The molecule has 0 spiro atoms. The van der Waals surface area contributed by atoms with Gasteiger partial charge in [0, 0.05) is 30.7 Å². The number of nitrogens with zero attached hydrogens (tertiary/aromatic N) is 1. The minimum Gasteiger partial charge on any atom is -0.353 e. The third kappa shape index (κ3) is 7.00. The zero-order valence-corrected chi connectivity index (χ0v) is 16.9. The van der Waals surface area contributed by atoms with Crippen LogP contribution in [0.2, 0.25) is 0 Å². The van der Waals surface area contributed by atoms with E-state index in [9.17, 15) is 9.59 Å². The second kappa shape index (κ2) is 10.6. The van der Waals surface area contributed by atoms with Gasteiger partial charge in [0.05, 0.1) is 0 Å². The first-order valence-electron chi connectivity index (χ1n) is 9.45. The Bertz CT molecular complexity index is 583. The Kier molecular flexibility index (Phi) is 8.45.